The van der Waals surface area contributed by atoms with Crippen molar-refractivity contribution in [1.82, 2.24) is 5.32 Å². The van der Waals surface area contributed by atoms with Crippen molar-refractivity contribution in [1.29, 1.82) is 0 Å². The van der Waals surface area contributed by atoms with Crippen LogP contribution in [-0.2, 0) is 0 Å². The molecule has 0 aromatic carbocycles. The van der Waals surface area contributed by atoms with Gasteiger partial charge in [-0.3, -0.25) is 0 Å². The van der Waals surface area contributed by atoms with Crippen molar-refractivity contribution in [3.8, 4) is 0 Å². The molecule has 2 aliphatic carbocycles. The summed E-state index contributed by atoms with van der Waals surface area (Å²) < 4.78 is 0. The molecule has 0 bridgehead atoms. The van der Waals surface area contributed by atoms with Crippen LogP contribution < -0.4 is 11.1 Å². The van der Waals surface area contributed by atoms with Gasteiger partial charge >= 0.3 is 0 Å². The Bertz CT molecular complexity index is 172. The van der Waals surface area contributed by atoms with Crippen molar-refractivity contribution < 1.29 is 5.11 Å². The Hall–Kier alpha value is -0.120. The molecule has 0 aromatic rings. The Morgan fingerprint density at radius 3 is 2.19 bits per heavy atom. The molecule has 2 fully saturated rings. The van der Waals surface area contributed by atoms with E-state index in [-0.39, 0.29) is 6.10 Å². The first-order chi connectivity index (χ1) is 7.74. The Balaban J connectivity index is 1.60. The second-order valence-electron chi connectivity index (χ2n) is 5.69. The Morgan fingerprint density at radius 2 is 1.56 bits per heavy atom. The van der Waals surface area contributed by atoms with Crippen molar-refractivity contribution in [2.45, 2.75) is 69.6 Å². The molecule has 0 unspecified atom stereocenters. The van der Waals surface area contributed by atoms with Crippen LogP contribution in [0.5, 0.6) is 0 Å². The van der Waals surface area contributed by atoms with Gasteiger partial charge in [0, 0.05) is 12.1 Å². The molecule has 0 atom stereocenters. The lowest BCUT2D eigenvalue weighted by atomic mass is 9.86. The van der Waals surface area contributed by atoms with Crippen molar-refractivity contribution in [2.24, 2.45) is 11.7 Å². The number of nitrogens with two attached hydrogens (primary N) is 1. The third-order valence-corrected chi connectivity index (χ3v) is 4.28. The van der Waals surface area contributed by atoms with Gasteiger partial charge in [-0.2, -0.15) is 0 Å². The number of hydrogen-bond donors (Lipinski definition) is 3. The van der Waals surface area contributed by atoms with Crippen LogP contribution in [0.15, 0.2) is 0 Å². The third-order valence-electron chi connectivity index (χ3n) is 4.28. The van der Waals surface area contributed by atoms with Gasteiger partial charge in [0.15, 0.2) is 0 Å². The van der Waals surface area contributed by atoms with E-state index < -0.39 is 0 Å². The van der Waals surface area contributed by atoms with Gasteiger partial charge in [-0.1, -0.05) is 0 Å². The first-order valence-electron chi connectivity index (χ1n) is 6.91. The smallest absolute Gasteiger partial charge is 0.0541 e. The molecule has 0 spiro atoms. The molecule has 0 aliphatic heterocycles. The Morgan fingerprint density at radius 1 is 0.938 bits per heavy atom. The fourth-order valence-corrected chi connectivity index (χ4v) is 3.01. The summed E-state index contributed by atoms with van der Waals surface area (Å²) in [7, 11) is 0. The summed E-state index contributed by atoms with van der Waals surface area (Å²) in [6, 6.07) is 1.11. The highest BCUT2D eigenvalue weighted by Gasteiger charge is 2.22. The quantitative estimate of drug-likeness (QED) is 0.682. The number of aliphatic hydroxyl groups excluding tert-OH is 1. The molecule has 2 saturated carbocycles. The van der Waals surface area contributed by atoms with E-state index in [9.17, 15) is 5.11 Å². The van der Waals surface area contributed by atoms with Crippen LogP contribution in [0.25, 0.3) is 0 Å². The van der Waals surface area contributed by atoms with Crippen molar-refractivity contribution in [2.75, 3.05) is 6.54 Å². The fourth-order valence-electron chi connectivity index (χ4n) is 3.01. The zero-order chi connectivity index (χ0) is 11.4. The second kappa shape index (κ2) is 5.99. The van der Waals surface area contributed by atoms with Crippen LogP contribution in [0.4, 0.5) is 0 Å². The summed E-state index contributed by atoms with van der Waals surface area (Å²) >= 11 is 0. The molecule has 3 heteroatoms. The number of aliphatic hydroxyl groups is 1. The molecule has 0 amide bonds. The normalized spacial score (nSPS) is 40.9. The van der Waals surface area contributed by atoms with Crippen LogP contribution in [0.3, 0.4) is 0 Å². The van der Waals surface area contributed by atoms with Gasteiger partial charge in [-0.15, -0.1) is 0 Å². The summed E-state index contributed by atoms with van der Waals surface area (Å²) in [5.74, 6) is 0.839. The number of nitrogens with one attached hydrogen (secondary N) is 1. The minimum absolute atomic E-state index is 0.0364. The molecule has 0 heterocycles. The largest absolute Gasteiger partial charge is 0.393 e. The maximum atomic E-state index is 9.43. The number of hydrogen-bond acceptors (Lipinski definition) is 3. The summed E-state index contributed by atoms with van der Waals surface area (Å²) in [4.78, 5) is 0. The van der Waals surface area contributed by atoms with E-state index in [0.29, 0.717) is 12.1 Å². The second-order valence-corrected chi connectivity index (χ2v) is 5.69. The molecule has 4 N–H and O–H groups in total. The SMILES string of the molecule is NC1CCC(CNC2CCC(O)CC2)CC1. The summed E-state index contributed by atoms with van der Waals surface area (Å²) in [5, 5.41) is 13.1. The van der Waals surface area contributed by atoms with Crippen LogP contribution in [-0.4, -0.2) is 29.8 Å². The summed E-state index contributed by atoms with van der Waals surface area (Å²) in [5.41, 5.74) is 5.90. The van der Waals surface area contributed by atoms with E-state index in [2.05, 4.69) is 5.32 Å². The van der Waals surface area contributed by atoms with Gasteiger partial charge in [-0.25, -0.2) is 0 Å². The molecule has 3 nitrogen and oxygen atoms in total. The predicted octanol–water partition coefficient (Wildman–Crippen LogP) is 1.40. The molecular formula is C13H26N2O. The average Bonchev–Trinajstić information content (AvgIpc) is 2.30. The van der Waals surface area contributed by atoms with E-state index in [1.54, 1.807) is 0 Å². The predicted molar refractivity (Wildman–Crippen MR) is 66.2 cm³/mol. The molecule has 0 saturated heterocycles. The van der Waals surface area contributed by atoms with Crippen molar-refractivity contribution in [3.05, 3.63) is 0 Å². The lowest BCUT2D eigenvalue weighted by molar-refractivity contribution is 0.115. The Labute approximate surface area is 98.8 Å². The number of rotatable bonds is 3. The van der Waals surface area contributed by atoms with E-state index >= 15 is 0 Å². The van der Waals surface area contributed by atoms with E-state index in [1.165, 1.54) is 25.7 Å². The first-order valence-corrected chi connectivity index (χ1v) is 6.91. The highest BCUT2D eigenvalue weighted by molar-refractivity contribution is 4.80. The standard InChI is InChI=1S/C13H26N2O/c14-11-3-1-10(2-4-11)9-15-12-5-7-13(16)8-6-12/h10-13,15-16H,1-9,14H2. The lowest BCUT2D eigenvalue weighted by Crippen LogP contribution is -2.39. The van der Waals surface area contributed by atoms with E-state index in [1.807, 2.05) is 0 Å². The Kier molecular flexibility index (Phi) is 4.62. The van der Waals surface area contributed by atoms with Crippen LogP contribution in [0.2, 0.25) is 0 Å². The van der Waals surface area contributed by atoms with Gasteiger partial charge in [0.05, 0.1) is 6.10 Å². The fraction of sp³-hybridized carbons (Fsp3) is 1.00. The zero-order valence-corrected chi connectivity index (χ0v) is 10.2. The van der Waals surface area contributed by atoms with Gasteiger partial charge in [0.25, 0.3) is 0 Å². The van der Waals surface area contributed by atoms with Crippen molar-refractivity contribution >= 4 is 0 Å². The van der Waals surface area contributed by atoms with Crippen LogP contribution >= 0.6 is 0 Å². The van der Waals surface area contributed by atoms with E-state index in [4.69, 9.17) is 5.73 Å². The van der Waals surface area contributed by atoms with Crippen LogP contribution in [0, 0.1) is 5.92 Å². The molecule has 94 valence electrons. The maximum Gasteiger partial charge on any atom is 0.0541 e. The third kappa shape index (κ3) is 3.72. The summed E-state index contributed by atoms with van der Waals surface area (Å²) in [6.45, 7) is 1.16. The summed E-state index contributed by atoms with van der Waals surface area (Å²) in [6.07, 6.45) is 9.21. The molecule has 2 aliphatic rings. The molecule has 0 aromatic heterocycles. The minimum Gasteiger partial charge on any atom is -0.393 e. The van der Waals surface area contributed by atoms with Gasteiger partial charge in [0.1, 0.15) is 0 Å². The molecule has 0 radical (unpaired) electrons. The lowest BCUT2D eigenvalue weighted by Gasteiger charge is -2.30. The zero-order valence-electron chi connectivity index (χ0n) is 10.2. The van der Waals surface area contributed by atoms with E-state index in [0.717, 1.165) is 38.1 Å². The topological polar surface area (TPSA) is 58.3 Å². The van der Waals surface area contributed by atoms with Crippen LogP contribution in [0.1, 0.15) is 51.4 Å². The van der Waals surface area contributed by atoms with Gasteiger partial charge < -0.3 is 16.2 Å². The molecule has 16 heavy (non-hydrogen) atoms. The van der Waals surface area contributed by atoms with Gasteiger partial charge in [-0.05, 0) is 63.8 Å². The van der Waals surface area contributed by atoms with Crippen molar-refractivity contribution in [3.63, 3.8) is 0 Å². The maximum absolute atomic E-state index is 9.43. The molecule has 2 rings (SSSR count). The minimum atomic E-state index is -0.0364. The monoisotopic (exact) mass is 226 g/mol. The first kappa shape index (κ1) is 12.3. The average molecular weight is 226 g/mol. The van der Waals surface area contributed by atoms with Gasteiger partial charge in [0.2, 0.25) is 0 Å². The highest BCUT2D eigenvalue weighted by atomic mass is 16.3. The highest BCUT2D eigenvalue weighted by Crippen LogP contribution is 2.24. The molecular weight excluding hydrogens is 200 g/mol.